The van der Waals surface area contributed by atoms with E-state index in [1.54, 1.807) is 7.05 Å². The Morgan fingerprint density at radius 1 is 1.25 bits per heavy atom. The zero-order valence-electron chi connectivity index (χ0n) is 13.8. The third-order valence-corrected chi connectivity index (χ3v) is 3.94. The van der Waals surface area contributed by atoms with Crippen molar-refractivity contribution in [3.8, 4) is 0 Å². The quantitative estimate of drug-likeness (QED) is 0.522. The molecular weight excluding hydrogens is 370 g/mol. The smallest absolute Gasteiger partial charge is 0.243 e. The number of guanidine groups is 1. The molecule has 2 aromatic rings. The topological polar surface area (TPSA) is 70.5 Å². The van der Waals surface area contributed by atoms with Gasteiger partial charge >= 0.3 is 0 Å². The number of nitrogens with zero attached hydrogens (tertiary/aromatic N) is 2. The molecule has 128 valence electrons. The Labute approximate surface area is 150 Å². The van der Waals surface area contributed by atoms with Crippen LogP contribution in [-0.2, 0) is 11.3 Å². The summed E-state index contributed by atoms with van der Waals surface area (Å²) in [5, 5.41) is 9.08. The molecule has 0 fully saturated rings. The summed E-state index contributed by atoms with van der Waals surface area (Å²) < 4.78 is 3.00. The number of amides is 1. The van der Waals surface area contributed by atoms with Crippen LogP contribution in [0.1, 0.15) is 5.56 Å². The van der Waals surface area contributed by atoms with E-state index < -0.39 is 0 Å². The number of nitrogens with one attached hydrogen (secondary N) is 3. The van der Waals surface area contributed by atoms with Crippen molar-refractivity contribution in [1.82, 2.24) is 15.2 Å². The van der Waals surface area contributed by atoms with Crippen molar-refractivity contribution in [3.63, 3.8) is 0 Å². The molecule has 24 heavy (non-hydrogen) atoms. The first-order valence-corrected chi connectivity index (χ1v) is 8.49. The van der Waals surface area contributed by atoms with Gasteiger partial charge in [0.05, 0.1) is 6.54 Å². The van der Waals surface area contributed by atoms with Crippen molar-refractivity contribution in [2.24, 2.45) is 4.99 Å². The summed E-state index contributed by atoms with van der Waals surface area (Å²) >= 11 is 3.41. The van der Waals surface area contributed by atoms with Crippen LogP contribution >= 0.6 is 15.9 Å². The average Bonchev–Trinajstić information content (AvgIpc) is 3.07. The van der Waals surface area contributed by atoms with E-state index >= 15 is 0 Å². The number of halogens is 1. The largest absolute Gasteiger partial charge is 0.355 e. The van der Waals surface area contributed by atoms with Gasteiger partial charge in [-0.25, -0.2) is 0 Å². The van der Waals surface area contributed by atoms with Crippen LogP contribution in [0.5, 0.6) is 0 Å². The summed E-state index contributed by atoms with van der Waals surface area (Å²) in [6.45, 7) is 3.66. The lowest BCUT2D eigenvalue weighted by atomic mass is 10.2. The fourth-order valence-corrected chi connectivity index (χ4v) is 2.49. The maximum absolute atomic E-state index is 12.1. The second-order valence-corrected chi connectivity index (χ2v) is 6.20. The number of carbonyl (C=O) groups is 1. The normalized spacial score (nSPS) is 11.2. The van der Waals surface area contributed by atoms with Crippen LogP contribution in [0.25, 0.3) is 0 Å². The SMILES string of the molecule is CN=C(NCCn1cccc1)NCC(=O)Nc1cc(Br)ccc1C. The van der Waals surface area contributed by atoms with Gasteiger partial charge in [-0.15, -0.1) is 0 Å². The Kier molecular flexibility index (Phi) is 6.87. The molecule has 7 heteroatoms. The molecule has 2 rings (SSSR count). The molecule has 6 nitrogen and oxygen atoms in total. The summed E-state index contributed by atoms with van der Waals surface area (Å²) in [6, 6.07) is 9.76. The highest BCUT2D eigenvalue weighted by molar-refractivity contribution is 9.10. The molecule has 1 aromatic heterocycles. The van der Waals surface area contributed by atoms with Gasteiger partial charge in [0.2, 0.25) is 5.91 Å². The molecule has 0 bridgehead atoms. The fourth-order valence-electron chi connectivity index (χ4n) is 2.13. The highest BCUT2D eigenvalue weighted by atomic mass is 79.9. The van der Waals surface area contributed by atoms with Crippen LogP contribution < -0.4 is 16.0 Å². The second-order valence-electron chi connectivity index (χ2n) is 5.28. The predicted octanol–water partition coefficient (Wildman–Crippen LogP) is 2.36. The van der Waals surface area contributed by atoms with E-state index in [0.29, 0.717) is 5.96 Å². The molecule has 0 aliphatic heterocycles. The number of rotatable bonds is 6. The first-order chi connectivity index (χ1) is 11.6. The number of hydrogen-bond acceptors (Lipinski definition) is 2. The maximum Gasteiger partial charge on any atom is 0.243 e. The summed E-state index contributed by atoms with van der Waals surface area (Å²) in [4.78, 5) is 16.2. The Hall–Kier alpha value is -2.28. The lowest BCUT2D eigenvalue weighted by Crippen LogP contribution is -2.42. The molecule has 1 amide bonds. The van der Waals surface area contributed by atoms with Crippen LogP contribution in [0.2, 0.25) is 0 Å². The van der Waals surface area contributed by atoms with E-state index in [9.17, 15) is 4.79 Å². The van der Waals surface area contributed by atoms with Crippen molar-refractivity contribution in [2.75, 3.05) is 25.5 Å². The monoisotopic (exact) mass is 391 g/mol. The van der Waals surface area contributed by atoms with Crippen LogP contribution in [0.4, 0.5) is 5.69 Å². The van der Waals surface area contributed by atoms with Crippen LogP contribution in [0.3, 0.4) is 0 Å². The molecule has 1 heterocycles. The standard InChI is InChI=1S/C17H22BrN5O/c1-13-5-6-14(18)11-15(13)22-16(24)12-21-17(19-2)20-7-10-23-8-3-4-9-23/h3-6,8-9,11H,7,10,12H2,1-2H3,(H,22,24)(H2,19,20,21). The Bertz CT molecular complexity index is 697. The van der Waals surface area contributed by atoms with Crippen molar-refractivity contribution in [1.29, 1.82) is 0 Å². The third kappa shape index (κ3) is 5.73. The molecular formula is C17H22BrN5O. The van der Waals surface area contributed by atoms with Gasteiger partial charge in [-0.1, -0.05) is 22.0 Å². The minimum absolute atomic E-state index is 0.121. The van der Waals surface area contributed by atoms with Crippen molar-refractivity contribution in [2.45, 2.75) is 13.5 Å². The molecule has 0 saturated carbocycles. The van der Waals surface area contributed by atoms with Gasteiger partial charge in [-0.05, 0) is 36.8 Å². The lowest BCUT2D eigenvalue weighted by molar-refractivity contribution is -0.115. The van der Waals surface area contributed by atoms with E-state index in [2.05, 4.69) is 41.4 Å². The number of anilines is 1. The molecule has 0 aliphatic carbocycles. The summed E-state index contributed by atoms with van der Waals surface area (Å²) in [5.74, 6) is 0.479. The highest BCUT2D eigenvalue weighted by Gasteiger charge is 2.06. The summed E-state index contributed by atoms with van der Waals surface area (Å²) in [5.41, 5.74) is 1.81. The van der Waals surface area contributed by atoms with E-state index in [-0.39, 0.29) is 12.5 Å². The van der Waals surface area contributed by atoms with Crippen molar-refractivity contribution in [3.05, 3.63) is 52.8 Å². The molecule has 0 atom stereocenters. The molecule has 1 aromatic carbocycles. The van der Waals surface area contributed by atoms with Gasteiger partial charge in [0.1, 0.15) is 0 Å². The Morgan fingerprint density at radius 3 is 2.71 bits per heavy atom. The number of aromatic nitrogens is 1. The molecule has 0 radical (unpaired) electrons. The Balaban J connectivity index is 1.75. The van der Waals surface area contributed by atoms with Gasteiger partial charge < -0.3 is 20.5 Å². The summed E-state index contributed by atoms with van der Waals surface area (Å²) in [6.07, 6.45) is 4.01. The van der Waals surface area contributed by atoms with Crippen molar-refractivity contribution >= 4 is 33.5 Å². The van der Waals surface area contributed by atoms with Crippen LogP contribution in [-0.4, -0.2) is 36.6 Å². The molecule has 0 spiro atoms. The zero-order chi connectivity index (χ0) is 17.4. The van der Waals surface area contributed by atoms with Crippen molar-refractivity contribution < 1.29 is 4.79 Å². The minimum atomic E-state index is -0.121. The molecule has 0 saturated heterocycles. The first kappa shape index (κ1) is 18.1. The number of benzene rings is 1. The maximum atomic E-state index is 12.1. The Morgan fingerprint density at radius 2 is 2.00 bits per heavy atom. The van der Waals surface area contributed by atoms with Gasteiger partial charge in [0.15, 0.2) is 5.96 Å². The minimum Gasteiger partial charge on any atom is -0.355 e. The van der Waals surface area contributed by atoms with Gasteiger partial charge in [0, 0.05) is 42.7 Å². The number of hydrogen-bond donors (Lipinski definition) is 3. The first-order valence-electron chi connectivity index (χ1n) is 7.70. The van der Waals surface area contributed by atoms with Gasteiger partial charge in [0.25, 0.3) is 0 Å². The number of aliphatic imine (C=N–C) groups is 1. The van der Waals surface area contributed by atoms with Crippen LogP contribution in [0, 0.1) is 6.92 Å². The average molecular weight is 392 g/mol. The summed E-state index contributed by atoms with van der Waals surface area (Å²) in [7, 11) is 1.68. The number of carbonyl (C=O) groups excluding carboxylic acids is 1. The van der Waals surface area contributed by atoms with E-state index in [4.69, 9.17) is 0 Å². The van der Waals surface area contributed by atoms with E-state index in [1.165, 1.54) is 0 Å². The predicted molar refractivity (Wildman–Crippen MR) is 101 cm³/mol. The fraction of sp³-hybridized carbons (Fsp3) is 0.294. The number of aryl methyl sites for hydroxylation is 1. The second kappa shape index (κ2) is 9.12. The van der Waals surface area contributed by atoms with E-state index in [0.717, 1.165) is 28.8 Å². The van der Waals surface area contributed by atoms with Gasteiger partial charge in [-0.3, -0.25) is 9.79 Å². The van der Waals surface area contributed by atoms with Gasteiger partial charge in [-0.2, -0.15) is 0 Å². The molecule has 0 unspecified atom stereocenters. The van der Waals surface area contributed by atoms with E-state index in [1.807, 2.05) is 49.6 Å². The molecule has 0 aliphatic rings. The lowest BCUT2D eigenvalue weighted by Gasteiger charge is -2.13. The highest BCUT2D eigenvalue weighted by Crippen LogP contribution is 2.20. The zero-order valence-corrected chi connectivity index (χ0v) is 15.4. The molecule has 3 N–H and O–H groups in total. The third-order valence-electron chi connectivity index (χ3n) is 3.44. The van der Waals surface area contributed by atoms with Crippen LogP contribution in [0.15, 0.2) is 52.2 Å².